The van der Waals surface area contributed by atoms with Gasteiger partial charge in [-0.2, -0.15) is 0 Å². The maximum Gasteiger partial charge on any atom is 0.257 e. The first-order valence-electron chi connectivity index (χ1n) is 14.2. The first-order valence-corrected chi connectivity index (χ1v) is 16.0. The zero-order chi connectivity index (χ0) is 28.8. The number of aryl methyl sites for hydroxylation is 2. The second-order valence-corrected chi connectivity index (χ2v) is 14.1. The van der Waals surface area contributed by atoms with Crippen molar-refractivity contribution in [2.45, 2.75) is 58.2 Å². The van der Waals surface area contributed by atoms with Crippen LogP contribution in [0.3, 0.4) is 0 Å². The molecule has 3 aliphatic rings. The number of halogens is 1. The second kappa shape index (κ2) is 11.1. The van der Waals surface area contributed by atoms with Crippen LogP contribution in [0.25, 0.3) is 0 Å². The van der Waals surface area contributed by atoms with Gasteiger partial charge >= 0.3 is 0 Å². The SMILES string of the molecule is Cc1ncnc(C)c1C(=O)N1CCC(C)(N2CCN([C@@H](c3cccc(F)c3)C3CN(S(C)(=O)=O)C3)[C@@H](C)C2)CC1. The number of hydrogen-bond acceptors (Lipinski definition) is 7. The molecule has 5 rings (SSSR count). The first kappa shape index (κ1) is 29.0. The summed E-state index contributed by atoms with van der Waals surface area (Å²) in [6, 6.07) is 6.92. The lowest BCUT2D eigenvalue weighted by Crippen LogP contribution is -2.64. The highest BCUT2D eigenvalue weighted by Crippen LogP contribution is 2.40. The van der Waals surface area contributed by atoms with Crippen LogP contribution < -0.4 is 0 Å². The first-order chi connectivity index (χ1) is 18.9. The van der Waals surface area contributed by atoms with Crippen molar-refractivity contribution >= 4 is 15.9 Å². The number of benzene rings is 1. The van der Waals surface area contributed by atoms with Gasteiger partial charge in [0.25, 0.3) is 5.91 Å². The van der Waals surface area contributed by atoms with Crippen molar-refractivity contribution in [3.05, 3.63) is 58.9 Å². The Morgan fingerprint density at radius 2 is 1.70 bits per heavy atom. The van der Waals surface area contributed by atoms with Crippen molar-refractivity contribution in [2.75, 3.05) is 52.1 Å². The molecule has 0 spiro atoms. The molecule has 0 aliphatic carbocycles. The van der Waals surface area contributed by atoms with E-state index in [1.54, 1.807) is 12.1 Å². The highest BCUT2D eigenvalue weighted by atomic mass is 32.2. The molecule has 2 aromatic rings. The van der Waals surface area contributed by atoms with E-state index in [1.807, 2.05) is 24.8 Å². The largest absolute Gasteiger partial charge is 0.338 e. The molecule has 0 bridgehead atoms. The molecule has 1 amide bonds. The van der Waals surface area contributed by atoms with E-state index in [-0.39, 0.29) is 35.3 Å². The van der Waals surface area contributed by atoms with Crippen molar-refractivity contribution in [3.63, 3.8) is 0 Å². The molecule has 40 heavy (non-hydrogen) atoms. The lowest BCUT2D eigenvalue weighted by Gasteiger charge is -2.55. The highest BCUT2D eigenvalue weighted by Gasteiger charge is 2.46. The van der Waals surface area contributed by atoms with Gasteiger partial charge in [-0.25, -0.2) is 27.1 Å². The highest BCUT2D eigenvalue weighted by molar-refractivity contribution is 7.88. The summed E-state index contributed by atoms with van der Waals surface area (Å²) in [5.41, 5.74) is 2.94. The lowest BCUT2D eigenvalue weighted by molar-refractivity contribution is -0.0491. The van der Waals surface area contributed by atoms with Gasteiger partial charge in [0.1, 0.15) is 12.1 Å². The summed E-state index contributed by atoms with van der Waals surface area (Å²) < 4.78 is 39.9. The van der Waals surface area contributed by atoms with Crippen molar-refractivity contribution in [1.82, 2.24) is 29.0 Å². The molecule has 3 aliphatic heterocycles. The molecule has 3 fully saturated rings. The molecular weight excluding hydrogens is 531 g/mol. The van der Waals surface area contributed by atoms with E-state index in [9.17, 15) is 17.6 Å². The number of nitrogens with zero attached hydrogens (tertiary/aromatic N) is 6. The number of piperidine rings is 1. The van der Waals surface area contributed by atoms with E-state index in [0.29, 0.717) is 31.7 Å². The van der Waals surface area contributed by atoms with Gasteiger partial charge in [0.05, 0.1) is 23.2 Å². The topological polar surface area (TPSA) is 90.0 Å². The van der Waals surface area contributed by atoms with E-state index in [2.05, 4.69) is 33.6 Å². The Morgan fingerprint density at radius 1 is 1.05 bits per heavy atom. The fourth-order valence-corrected chi connectivity index (χ4v) is 7.73. The molecule has 1 aromatic carbocycles. The van der Waals surface area contributed by atoms with Crippen LogP contribution in [0.1, 0.15) is 60.0 Å². The van der Waals surface area contributed by atoms with Crippen LogP contribution in [0, 0.1) is 25.6 Å². The molecule has 3 saturated heterocycles. The summed E-state index contributed by atoms with van der Waals surface area (Å²) in [5.74, 6) is -0.143. The molecule has 2 atom stereocenters. The van der Waals surface area contributed by atoms with Crippen molar-refractivity contribution in [3.8, 4) is 0 Å². The molecule has 0 saturated carbocycles. The molecule has 11 heteroatoms. The maximum absolute atomic E-state index is 14.3. The van der Waals surface area contributed by atoms with Crippen molar-refractivity contribution < 1.29 is 17.6 Å². The Balaban J connectivity index is 1.26. The number of sulfonamides is 1. The van der Waals surface area contributed by atoms with Crippen LogP contribution in [0.2, 0.25) is 0 Å². The number of aromatic nitrogens is 2. The van der Waals surface area contributed by atoms with Crippen molar-refractivity contribution in [2.24, 2.45) is 5.92 Å². The quantitative estimate of drug-likeness (QED) is 0.526. The average molecular weight is 573 g/mol. The summed E-state index contributed by atoms with van der Waals surface area (Å²) in [6.07, 6.45) is 4.52. The summed E-state index contributed by atoms with van der Waals surface area (Å²) in [5, 5.41) is 0. The zero-order valence-electron chi connectivity index (χ0n) is 24.2. The van der Waals surface area contributed by atoms with Gasteiger partial charge in [0.2, 0.25) is 10.0 Å². The van der Waals surface area contributed by atoms with E-state index < -0.39 is 10.0 Å². The van der Waals surface area contributed by atoms with Gasteiger partial charge in [-0.15, -0.1) is 0 Å². The lowest BCUT2D eigenvalue weighted by atomic mass is 9.84. The number of amides is 1. The van der Waals surface area contributed by atoms with Crippen LogP contribution in [0.5, 0.6) is 0 Å². The number of carbonyl (C=O) groups excluding carboxylic acids is 1. The summed E-state index contributed by atoms with van der Waals surface area (Å²) in [4.78, 5) is 28.7. The predicted octanol–water partition coefficient (Wildman–Crippen LogP) is 2.87. The minimum Gasteiger partial charge on any atom is -0.338 e. The standard InChI is InChI=1S/C29H41FN6O3S/c1-20-16-34(29(4)9-11-33(12-10-29)28(37)26-21(2)31-19-32-22(26)3)13-14-36(20)27(23-7-6-8-25(30)15-23)24-17-35(18-24)40(5,38)39/h6-8,15,19-20,24,27H,9-14,16-18H2,1-5H3/t20-,27-/m0/s1. The smallest absolute Gasteiger partial charge is 0.257 e. The van der Waals surface area contributed by atoms with Gasteiger partial charge in [-0.1, -0.05) is 12.1 Å². The number of hydrogen-bond donors (Lipinski definition) is 0. The molecule has 218 valence electrons. The Bertz CT molecular complexity index is 1340. The Kier molecular flexibility index (Phi) is 8.04. The molecular formula is C29H41FN6O3S. The molecule has 0 N–H and O–H groups in total. The third-order valence-corrected chi connectivity index (χ3v) is 10.6. The Hall–Kier alpha value is -2.47. The summed E-state index contributed by atoms with van der Waals surface area (Å²) in [7, 11) is -3.23. The van der Waals surface area contributed by atoms with Gasteiger partial charge < -0.3 is 4.90 Å². The molecule has 0 radical (unpaired) electrons. The number of likely N-dealkylation sites (tertiary alicyclic amines) is 1. The fraction of sp³-hybridized carbons (Fsp3) is 0.621. The Labute approximate surface area is 237 Å². The van der Waals surface area contributed by atoms with Gasteiger partial charge in [0.15, 0.2) is 0 Å². The summed E-state index contributed by atoms with van der Waals surface area (Å²) >= 11 is 0. The monoisotopic (exact) mass is 572 g/mol. The third kappa shape index (κ3) is 5.66. The van der Waals surface area contributed by atoms with Gasteiger partial charge in [-0.05, 0) is 58.2 Å². The minimum absolute atomic E-state index is 0.0115. The van der Waals surface area contributed by atoms with E-state index >= 15 is 0 Å². The number of rotatable bonds is 6. The van der Waals surface area contributed by atoms with Crippen LogP contribution in [-0.2, 0) is 10.0 Å². The van der Waals surface area contributed by atoms with Gasteiger partial charge in [0, 0.05) is 69.4 Å². The fourth-order valence-electron chi connectivity index (χ4n) is 6.81. The molecule has 4 heterocycles. The normalized spacial score (nSPS) is 24.1. The number of piperazine rings is 1. The molecule has 0 unspecified atom stereocenters. The van der Waals surface area contributed by atoms with Crippen LogP contribution in [0.15, 0.2) is 30.6 Å². The van der Waals surface area contributed by atoms with Crippen LogP contribution >= 0.6 is 0 Å². The van der Waals surface area contributed by atoms with Crippen molar-refractivity contribution in [1.29, 1.82) is 0 Å². The Morgan fingerprint density at radius 3 is 2.27 bits per heavy atom. The molecule has 9 nitrogen and oxygen atoms in total. The van der Waals surface area contributed by atoms with E-state index in [4.69, 9.17) is 0 Å². The summed E-state index contributed by atoms with van der Waals surface area (Å²) in [6.45, 7) is 13.1. The minimum atomic E-state index is -3.23. The zero-order valence-corrected chi connectivity index (χ0v) is 25.0. The predicted molar refractivity (Wildman–Crippen MR) is 152 cm³/mol. The van der Waals surface area contributed by atoms with E-state index in [1.165, 1.54) is 23.0 Å². The second-order valence-electron chi connectivity index (χ2n) is 12.1. The van der Waals surface area contributed by atoms with Gasteiger partial charge in [-0.3, -0.25) is 14.6 Å². The maximum atomic E-state index is 14.3. The third-order valence-electron chi connectivity index (χ3n) is 9.35. The average Bonchev–Trinajstić information content (AvgIpc) is 2.85. The van der Waals surface area contributed by atoms with Crippen LogP contribution in [0.4, 0.5) is 4.39 Å². The van der Waals surface area contributed by atoms with Crippen LogP contribution in [-0.4, -0.2) is 107 Å². The van der Waals surface area contributed by atoms with E-state index in [0.717, 1.165) is 49.4 Å². The number of carbonyl (C=O) groups is 1. The molecule has 1 aromatic heterocycles.